The van der Waals surface area contributed by atoms with Crippen LogP contribution in [0.15, 0.2) is 41.3 Å². The van der Waals surface area contributed by atoms with Crippen LogP contribution in [-0.2, 0) is 0 Å². The van der Waals surface area contributed by atoms with Crippen molar-refractivity contribution in [1.29, 1.82) is 0 Å². The maximum absolute atomic E-state index is 13.2. The predicted octanol–water partition coefficient (Wildman–Crippen LogP) is 2.45. The Morgan fingerprint density at radius 2 is 2.12 bits per heavy atom. The molecule has 2 aromatic rings. The third kappa shape index (κ3) is 2.50. The van der Waals surface area contributed by atoms with Crippen molar-refractivity contribution in [3.63, 3.8) is 0 Å². The summed E-state index contributed by atoms with van der Waals surface area (Å²) < 4.78 is 39.7. The second-order valence-corrected chi connectivity index (χ2v) is 6.02. The third-order valence-electron chi connectivity index (χ3n) is 4.25. The molecular formula is C15H15F3N6. The minimum Gasteiger partial charge on any atom is -0.346 e. The number of aromatic nitrogens is 2. The van der Waals surface area contributed by atoms with Crippen molar-refractivity contribution < 1.29 is 13.2 Å². The number of nitrogens with two attached hydrogens (primary N) is 1. The number of anilines is 1. The Morgan fingerprint density at radius 1 is 1.33 bits per heavy atom. The molecule has 24 heavy (non-hydrogen) atoms. The maximum Gasteiger partial charge on any atom is 0.417 e. The monoisotopic (exact) mass is 336 g/mol. The zero-order chi connectivity index (χ0) is 16.9. The van der Waals surface area contributed by atoms with Gasteiger partial charge in [-0.05, 0) is 25.0 Å². The predicted molar refractivity (Wildman–Crippen MR) is 84.1 cm³/mol. The van der Waals surface area contributed by atoms with Crippen molar-refractivity contribution in [1.82, 2.24) is 15.3 Å². The third-order valence-corrected chi connectivity index (χ3v) is 4.25. The van der Waals surface area contributed by atoms with Crippen molar-refractivity contribution in [3.05, 3.63) is 36.3 Å². The number of halogens is 3. The highest BCUT2D eigenvalue weighted by atomic mass is 19.4. The van der Waals surface area contributed by atoms with Gasteiger partial charge in [0, 0.05) is 23.7 Å². The normalized spacial score (nSPS) is 24.3. The number of alkyl halides is 3. The molecule has 1 unspecified atom stereocenters. The van der Waals surface area contributed by atoms with Gasteiger partial charge in [-0.25, -0.2) is 9.98 Å². The quantitative estimate of drug-likeness (QED) is 0.678. The first kappa shape index (κ1) is 15.0. The number of H-pyrrole nitrogens is 1. The summed E-state index contributed by atoms with van der Waals surface area (Å²) in [5.41, 5.74) is 4.77. The lowest BCUT2D eigenvalue weighted by Gasteiger charge is -2.33. The number of nitrogens with one attached hydrogen (secondary N) is 3. The van der Waals surface area contributed by atoms with Gasteiger partial charge < -0.3 is 21.4 Å². The van der Waals surface area contributed by atoms with Crippen LogP contribution < -0.4 is 16.4 Å². The summed E-state index contributed by atoms with van der Waals surface area (Å²) in [7, 11) is 0. The van der Waals surface area contributed by atoms with Crippen molar-refractivity contribution in [3.8, 4) is 0 Å². The largest absolute Gasteiger partial charge is 0.417 e. The van der Waals surface area contributed by atoms with E-state index in [1.807, 2.05) is 12.1 Å². The maximum atomic E-state index is 13.2. The Hall–Kier alpha value is -2.55. The number of hydrogen-bond donors (Lipinski definition) is 4. The molecule has 0 saturated heterocycles. The second kappa shape index (κ2) is 4.97. The molecule has 1 atom stereocenters. The van der Waals surface area contributed by atoms with E-state index in [1.165, 1.54) is 0 Å². The van der Waals surface area contributed by atoms with Crippen LogP contribution >= 0.6 is 0 Å². The Kier molecular flexibility index (Phi) is 3.11. The van der Waals surface area contributed by atoms with Crippen molar-refractivity contribution in [2.45, 2.75) is 24.7 Å². The van der Waals surface area contributed by atoms with Crippen LogP contribution in [0.5, 0.6) is 0 Å². The van der Waals surface area contributed by atoms with Crippen LogP contribution in [0.25, 0.3) is 11.0 Å². The van der Waals surface area contributed by atoms with Crippen molar-refractivity contribution in [2.75, 3.05) is 5.32 Å². The van der Waals surface area contributed by atoms with Gasteiger partial charge in [-0.15, -0.1) is 0 Å². The Bertz CT molecular complexity index is 848. The van der Waals surface area contributed by atoms with Crippen molar-refractivity contribution in [2.24, 2.45) is 16.6 Å². The molecule has 0 radical (unpaired) electrons. The number of hydrogen-bond acceptors (Lipinski definition) is 5. The highest BCUT2D eigenvalue weighted by Crippen LogP contribution is 2.48. The lowest BCUT2D eigenvalue weighted by Crippen LogP contribution is -2.52. The Labute approximate surface area is 135 Å². The second-order valence-electron chi connectivity index (χ2n) is 6.02. The van der Waals surface area contributed by atoms with Gasteiger partial charge in [0.1, 0.15) is 11.3 Å². The molecule has 4 rings (SSSR count). The highest BCUT2D eigenvalue weighted by molar-refractivity contribution is 5.96. The van der Waals surface area contributed by atoms with Crippen LogP contribution in [0.4, 0.5) is 18.9 Å². The lowest BCUT2D eigenvalue weighted by molar-refractivity contribution is -0.102. The highest BCUT2D eigenvalue weighted by Gasteiger charge is 2.55. The first-order chi connectivity index (χ1) is 11.4. The summed E-state index contributed by atoms with van der Waals surface area (Å²) in [5, 5.41) is 6.37. The molecule has 2 aromatic heterocycles. The molecule has 6 nitrogen and oxygen atoms in total. The van der Waals surface area contributed by atoms with Gasteiger partial charge in [-0.2, -0.15) is 13.2 Å². The number of nitrogens with zero attached hydrogens (tertiary/aromatic N) is 2. The zero-order valence-corrected chi connectivity index (χ0v) is 12.5. The molecule has 2 aliphatic rings. The number of rotatable bonds is 2. The van der Waals surface area contributed by atoms with Gasteiger partial charge >= 0.3 is 6.18 Å². The zero-order valence-electron chi connectivity index (χ0n) is 12.5. The smallest absolute Gasteiger partial charge is 0.346 e. The van der Waals surface area contributed by atoms with Gasteiger partial charge in [0.15, 0.2) is 0 Å². The van der Waals surface area contributed by atoms with Gasteiger partial charge in [0.25, 0.3) is 0 Å². The molecule has 0 amide bonds. The fourth-order valence-electron chi connectivity index (χ4n) is 2.89. The van der Waals surface area contributed by atoms with E-state index in [1.54, 1.807) is 12.4 Å². The number of aromatic amines is 1. The number of fused-ring (bicyclic) bond motifs is 1. The van der Waals surface area contributed by atoms with E-state index in [0.29, 0.717) is 18.5 Å². The SMILES string of the molecule is NC1(C2CC2)N=C(Nc2cnc3[nH]ccc3c2)NC=C1C(F)(F)F. The van der Waals surface area contributed by atoms with E-state index in [-0.39, 0.29) is 11.9 Å². The summed E-state index contributed by atoms with van der Waals surface area (Å²) in [6.45, 7) is 0. The van der Waals surface area contributed by atoms with Gasteiger partial charge in [0.05, 0.1) is 17.5 Å². The Morgan fingerprint density at radius 3 is 2.83 bits per heavy atom. The average molecular weight is 336 g/mol. The molecule has 0 spiro atoms. The van der Waals surface area contributed by atoms with E-state index in [9.17, 15) is 13.2 Å². The Balaban J connectivity index is 1.63. The summed E-state index contributed by atoms with van der Waals surface area (Å²) in [6.07, 6.45) is 0.978. The standard InChI is InChI=1S/C15H15F3N6/c16-15(17,18)11-7-22-13(24-14(11,19)9-1-2-9)23-10-5-8-3-4-20-12(8)21-6-10/h3-7,9H,1-2,19H2,(H,20,21)(H2,22,23,24). The molecule has 9 heteroatoms. The first-order valence-corrected chi connectivity index (χ1v) is 7.49. The van der Waals surface area contributed by atoms with Crippen LogP contribution in [0.2, 0.25) is 0 Å². The van der Waals surface area contributed by atoms with E-state index in [0.717, 1.165) is 17.2 Å². The van der Waals surface area contributed by atoms with E-state index >= 15 is 0 Å². The van der Waals surface area contributed by atoms with Crippen LogP contribution in [0.3, 0.4) is 0 Å². The van der Waals surface area contributed by atoms with Crippen molar-refractivity contribution >= 4 is 22.7 Å². The van der Waals surface area contributed by atoms with Crippen LogP contribution in [-0.4, -0.2) is 27.8 Å². The minimum absolute atomic E-state index is 0.175. The summed E-state index contributed by atoms with van der Waals surface area (Å²) >= 11 is 0. The van der Waals surface area contributed by atoms with Gasteiger partial charge in [0.2, 0.25) is 5.96 Å². The number of pyridine rings is 1. The molecule has 1 saturated carbocycles. The van der Waals surface area contributed by atoms with Gasteiger partial charge in [-0.1, -0.05) is 0 Å². The molecule has 1 fully saturated rings. The van der Waals surface area contributed by atoms with E-state index in [2.05, 4.69) is 25.6 Å². The van der Waals surface area contributed by atoms with Crippen LogP contribution in [0, 0.1) is 5.92 Å². The molecule has 1 aliphatic carbocycles. The molecule has 126 valence electrons. The number of aliphatic imine (C=N–C) groups is 1. The summed E-state index contributed by atoms with van der Waals surface area (Å²) in [4.78, 5) is 11.3. The van der Waals surface area contributed by atoms with Crippen LogP contribution in [0.1, 0.15) is 12.8 Å². The number of guanidine groups is 1. The van der Waals surface area contributed by atoms with E-state index < -0.39 is 17.4 Å². The average Bonchev–Trinajstić information content (AvgIpc) is 3.26. The van der Waals surface area contributed by atoms with E-state index in [4.69, 9.17) is 5.73 Å². The molecule has 0 aromatic carbocycles. The van der Waals surface area contributed by atoms with Gasteiger partial charge in [-0.3, -0.25) is 0 Å². The molecule has 3 heterocycles. The molecule has 5 N–H and O–H groups in total. The topological polar surface area (TPSA) is 91.1 Å². The fraction of sp³-hybridized carbons (Fsp3) is 0.333. The lowest BCUT2D eigenvalue weighted by atomic mass is 9.94. The fourth-order valence-corrected chi connectivity index (χ4v) is 2.89. The summed E-state index contributed by atoms with van der Waals surface area (Å²) in [5.74, 6) is -0.122. The first-order valence-electron chi connectivity index (χ1n) is 7.49. The molecule has 1 aliphatic heterocycles. The summed E-state index contributed by atoms with van der Waals surface area (Å²) in [6, 6.07) is 3.67. The molecule has 0 bridgehead atoms. The minimum atomic E-state index is -4.52. The molecular weight excluding hydrogens is 321 g/mol.